The normalized spacial score (nSPS) is 24.9. The van der Waals surface area contributed by atoms with Crippen LogP contribution < -0.4 is 0 Å². The Morgan fingerprint density at radius 3 is 2.90 bits per heavy atom. The van der Waals surface area contributed by atoms with Gasteiger partial charge in [0.05, 0.1) is 17.4 Å². The maximum atomic E-state index is 12.2. The highest BCUT2D eigenvalue weighted by Gasteiger charge is 2.32. The van der Waals surface area contributed by atoms with Gasteiger partial charge in [-0.1, -0.05) is 24.0 Å². The summed E-state index contributed by atoms with van der Waals surface area (Å²) in [6.07, 6.45) is 3.62. The van der Waals surface area contributed by atoms with Crippen LogP contribution in [0.1, 0.15) is 26.7 Å². The molecular formula is C14H20N2O3S2. The van der Waals surface area contributed by atoms with Crippen LogP contribution in [0.25, 0.3) is 0 Å². The maximum Gasteiger partial charge on any atom is 0.310 e. The Labute approximate surface area is 134 Å². The van der Waals surface area contributed by atoms with E-state index in [9.17, 15) is 9.59 Å². The molecule has 5 nitrogen and oxygen atoms in total. The lowest BCUT2D eigenvalue weighted by Crippen LogP contribution is -2.37. The van der Waals surface area contributed by atoms with Crippen molar-refractivity contribution in [1.29, 1.82) is 0 Å². The van der Waals surface area contributed by atoms with E-state index in [2.05, 4.69) is 0 Å². The highest BCUT2D eigenvalue weighted by atomic mass is 32.2. The molecule has 2 aliphatic rings. The average molecular weight is 328 g/mol. The van der Waals surface area contributed by atoms with E-state index in [1.54, 1.807) is 4.90 Å². The Bertz CT molecular complexity index is 479. The molecule has 1 amide bonds. The lowest BCUT2D eigenvalue weighted by atomic mass is 9.98. The van der Waals surface area contributed by atoms with Crippen molar-refractivity contribution >= 4 is 40.2 Å². The van der Waals surface area contributed by atoms with E-state index in [1.165, 1.54) is 11.8 Å². The molecule has 0 spiro atoms. The quantitative estimate of drug-likeness (QED) is 0.447. The summed E-state index contributed by atoms with van der Waals surface area (Å²) in [5.41, 5.74) is 0. The van der Waals surface area contributed by atoms with Crippen molar-refractivity contribution in [1.82, 2.24) is 9.80 Å². The molecule has 2 heterocycles. The van der Waals surface area contributed by atoms with Gasteiger partial charge in [0.25, 0.3) is 5.91 Å². The lowest BCUT2D eigenvalue weighted by molar-refractivity contribution is -0.149. The van der Waals surface area contributed by atoms with Crippen LogP contribution in [-0.2, 0) is 14.3 Å². The molecule has 1 atom stereocenters. The number of esters is 1. The SMILES string of the molecule is CCOC(=O)[C@@H]1CCCN(/C=C2\SC(=S)N(CC)C2=O)C1. The van der Waals surface area contributed by atoms with Gasteiger partial charge in [-0.3, -0.25) is 14.5 Å². The molecule has 0 bridgehead atoms. The Morgan fingerprint density at radius 2 is 2.29 bits per heavy atom. The first-order chi connectivity index (χ1) is 10.1. The maximum absolute atomic E-state index is 12.2. The van der Waals surface area contributed by atoms with Gasteiger partial charge in [0.15, 0.2) is 0 Å². The second-order valence-corrected chi connectivity index (χ2v) is 6.67. The number of carbonyl (C=O) groups is 2. The molecule has 2 rings (SSSR count). The van der Waals surface area contributed by atoms with Crippen molar-refractivity contribution in [2.45, 2.75) is 26.7 Å². The van der Waals surface area contributed by atoms with Gasteiger partial charge in [-0.05, 0) is 26.7 Å². The minimum Gasteiger partial charge on any atom is -0.466 e. The van der Waals surface area contributed by atoms with Crippen molar-refractivity contribution in [3.8, 4) is 0 Å². The van der Waals surface area contributed by atoms with Gasteiger partial charge < -0.3 is 9.64 Å². The average Bonchev–Trinajstić information content (AvgIpc) is 2.73. The first-order valence-electron chi connectivity index (χ1n) is 7.23. The van der Waals surface area contributed by atoms with Gasteiger partial charge in [0.1, 0.15) is 4.32 Å². The third-order valence-electron chi connectivity index (χ3n) is 3.56. The Kier molecular flexibility index (Phi) is 5.64. The minimum atomic E-state index is -0.142. The Hall–Kier alpha value is -1.08. The molecule has 0 aromatic rings. The van der Waals surface area contributed by atoms with Gasteiger partial charge in [0.2, 0.25) is 0 Å². The fourth-order valence-corrected chi connectivity index (χ4v) is 3.90. The second kappa shape index (κ2) is 7.26. The highest BCUT2D eigenvalue weighted by molar-refractivity contribution is 8.26. The van der Waals surface area contributed by atoms with Crippen LogP contribution in [-0.4, -0.2) is 52.2 Å². The van der Waals surface area contributed by atoms with Crippen LogP contribution in [0.2, 0.25) is 0 Å². The van der Waals surface area contributed by atoms with Gasteiger partial charge >= 0.3 is 5.97 Å². The predicted molar refractivity (Wildman–Crippen MR) is 86.6 cm³/mol. The number of amides is 1. The molecule has 0 radical (unpaired) electrons. The van der Waals surface area contributed by atoms with Gasteiger partial charge in [-0.15, -0.1) is 0 Å². The number of ether oxygens (including phenoxy) is 1. The zero-order valence-electron chi connectivity index (χ0n) is 12.3. The molecule has 7 heteroatoms. The zero-order valence-corrected chi connectivity index (χ0v) is 14.0. The molecule has 2 fully saturated rings. The monoisotopic (exact) mass is 328 g/mol. The summed E-state index contributed by atoms with van der Waals surface area (Å²) in [5.74, 6) is -0.284. The third-order valence-corrected chi connectivity index (χ3v) is 4.93. The van der Waals surface area contributed by atoms with E-state index in [4.69, 9.17) is 17.0 Å². The molecule has 0 aliphatic carbocycles. The van der Waals surface area contributed by atoms with Gasteiger partial charge in [-0.2, -0.15) is 0 Å². The Morgan fingerprint density at radius 1 is 1.52 bits per heavy atom. The van der Waals surface area contributed by atoms with Crippen molar-refractivity contribution in [3.05, 3.63) is 11.1 Å². The summed E-state index contributed by atoms with van der Waals surface area (Å²) >= 11 is 6.53. The fourth-order valence-electron chi connectivity index (χ4n) is 2.51. The number of thioether (sulfide) groups is 1. The molecule has 0 aromatic carbocycles. The number of rotatable bonds is 4. The fraction of sp³-hybridized carbons (Fsp3) is 0.643. The van der Waals surface area contributed by atoms with Crippen LogP contribution >= 0.6 is 24.0 Å². The molecule has 2 saturated heterocycles. The molecule has 0 saturated carbocycles. The van der Waals surface area contributed by atoms with E-state index >= 15 is 0 Å². The van der Waals surface area contributed by atoms with E-state index in [1.807, 2.05) is 24.9 Å². The van der Waals surface area contributed by atoms with E-state index in [-0.39, 0.29) is 17.8 Å². The van der Waals surface area contributed by atoms with Crippen LogP contribution in [0.4, 0.5) is 0 Å². The molecule has 2 aliphatic heterocycles. The van der Waals surface area contributed by atoms with E-state index < -0.39 is 0 Å². The number of thiocarbonyl (C=S) groups is 1. The van der Waals surface area contributed by atoms with Crippen LogP contribution in [0, 0.1) is 5.92 Å². The van der Waals surface area contributed by atoms with Crippen LogP contribution in [0.15, 0.2) is 11.1 Å². The predicted octanol–water partition coefficient (Wildman–Crippen LogP) is 1.98. The van der Waals surface area contributed by atoms with Crippen LogP contribution in [0.5, 0.6) is 0 Å². The second-order valence-electron chi connectivity index (χ2n) is 5.00. The highest BCUT2D eigenvalue weighted by Crippen LogP contribution is 2.31. The summed E-state index contributed by atoms with van der Waals surface area (Å²) < 4.78 is 5.69. The number of hydrogen-bond acceptors (Lipinski definition) is 6. The standard InChI is InChI=1S/C14H20N2O3S2/c1-3-16-12(17)11(21-14(16)20)9-15-7-5-6-10(8-15)13(18)19-4-2/h9-10H,3-8H2,1-2H3/b11-9-/t10-/m1/s1. The lowest BCUT2D eigenvalue weighted by Gasteiger charge is -2.30. The number of hydrogen-bond donors (Lipinski definition) is 0. The number of likely N-dealkylation sites (N-methyl/N-ethyl adjacent to an activating group) is 1. The smallest absolute Gasteiger partial charge is 0.310 e. The van der Waals surface area contributed by atoms with E-state index in [0.717, 1.165) is 19.4 Å². The van der Waals surface area contributed by atoms with Gasteiger partial charge in [-0.25, -0.2) is 0 Å². The molecule has 21 heavy (non-hydrogen) atoms. The van der Waals surface area contributed by atoms with Gasteiger partial charge in [0, 0.05) is 25.8 Å². The third kappa shape index (κ3) is 3.77. The van der Waals surface area contributed by atoms with Crippen LogP contribution in [0.3, 0.4) is 0 Å². The Balaban J connectivity index is 2.02. The molecule has 0 N–H and O–H groups in total. The topological polar surface area (TPSA) is 49.9 Å². The largest absolute Gasteiger partial charge is 0.466 e. The summed E-state index contributed by atoms with van der Waals surface area (Å²) in [5, 5.41) is 0. The van der Waals surface area contributed by atoms with Crippen molar-refractivity contribution in [3.63, 3.8) is 0 Å². The van der Waals surface area contributed by atoms with Crippen molar-refractivity contribution < 1.29 is 14.3 Å². The number of nitrogens with zero attached hydrogens (tertiary/aromatic N) is 2. The minimum absolute atomic E-state index is 0.0363. The zero-order chi connectivity index (χ0) is 15.4. The molecule has 0 unspecified atom stereocenters. The number of piperidine rings is 1. The van der Waals surface area contributed by atoms with E-state index in [0.29, 0.717) is 28.9 Å². The summed E-state index contributed by atoms with van der Waals surface area (Å²) in [7, 11) is 0. The number of likely N-dealkylation sites (tertiary alicyclic amines) is 1. The molecule has 116 valence electrons. The first-order valence-corrected chi connectivity index (χ1v) is 8.45. The molecule has 0 aromatic heterocycles. The molecular weight excluding hydrogens is 308 g/mol. The first kappa shape index (κ1) is 16.3. The summed E-state index contributed by atoms with van der Waals surface area (Å²) in [6, 6.07) is 0. The van der Waals surface area contributed by atoms with Crippen molar-refractivity contribution in [2.24, 2.45) is 5.92 Å². The summed E-state index contributed by atoms with van der Waals surface area (Å²) in [6.45, 7) is 6.18. The number of carbonyl (C=O) groups excluding carboxylic acids is 2. The summed E-state index contributed by atoms with van der Waals surface area (Å²) in [4.78, 5) is 28.3. The van der Waals surface area contributed by atoms with Crippen molar-refractivity contribution in [2.75, 3.05) is 26.2 Å².